The molecule has 154 valence electrons. The Labute approximate surface area is 173 Å². The van der Waals surface area contributed by atoms with Crippen molar-refractivity contribution >= 4 is 27.5 Å². The Morgan fingerprint density at radius 2 is 1.21 bits per heavy atom. The Hall–Kier alpha value is -2.55. The summed E-state index contributed by atoms with van der Waals surface area (Å²) in [5.41, 5.74) is -0.981. The minimum absolute atomic E-state index is 0.0276. The maximum Gasteiger partial charge on any atom is 0.317 e. The van der Waals surface area contributed by atoms with E-state index in [1.54, 1.807) is 0 Å². The maximum absolute atomic E-state index is 13.6. The second-order valence-corrected chi connectivity index (χ2v) is 10.5. The Morgan fingerprint density at radius 1 is 0.793 bits per heavy atom. The SMILES string of the molecule is CC(C)(C)CC(C)(C(=O)Oc1c2ccccc2c(O)c2ccccc12)C(C)(C)C. The van der Waals surface area contributed by atoms with Gasteiger partial charge in [0.15, 0.2) is 0 Å². The molecule has 29 heavy (non-hydrogen) atoms. The highest BCUT2D eigenvalue weighted by molar-refractivity contribution is 6.11. The van der Waals surface area contributed by atoms with Gasteiger partial charge in [-0.2, -0.15) is 0 Å². The van der Waals surface area contributed by atoms with Crippen molar-refractivity contribution in [2.75, 3.05) is 0 Å². The molecule has 0 aliphatic heterocycles. The van der Waals surface area contributed by atoms with Gasteiger partial charge < -0.3 is 9.84 Å². The molecular weight excluding hydrogens is 360 g/mol. The van der Waals surface area contributed by atoms with E-state index in [4.69, 9.17) is 4.74 Å². The first kappa shape index (κ1) is 21.2. The van der Waals surface area contributed by atoms with Gasteiger partial charge in [0.05, 0.1) is 5.41 Å². The molecule has 0 aromatic heterocycles. The van der Waals surface area contributed by atoms with Gasteiger partial charge in [0.1, 0.15) is 11.5 Å². The van der Waals surface area contributed by atoms with E-state index in [2.05, 4.69) is 41.5 Å². The van der Waals surface area contributed by atoms with Gasteiger partial charge in [-0.1, -0.05) is 90.1 Å². The fourth-order valence-electron chi connectivity index (χ4n) is 4.08. The molecule has 3 nitrogen and oxygen atoms in total. The molecule has 0 aliphatic rings. The average molecular weight is 393 g/mol. The number of phenolic OH excluding ortho intramolecular Hbond substituents is 1. The summed E-state index contributed by atoms with van der Waals surface area (Å²) in [6, 6.07) is 15.0. The van der Waals surface area contributed by atoms with E-state index in [9.17, 15) is 9.90 Å². The Morgan fingerprint density at radius 3 is 1.59 bits per heavy atom. The zero-order chi connectivity index (χ0) is 21.6. The average Bonchev–Trinajstić information content (AvgIpc) is 2.62. The highest BCUT2D eigenvalue weighted by atomic mass is 16.5. The third-order valence-electron chi connectivity index (χ3n) is 6.04. The molecule has 3 rings (SSSR count). The third kappa shape index (κ3) is 3.83. The molecular formula is C26H32O3. The Bertz CT molecular complexity index is 1010. The van der Waals surface area contributed by atoms with E-state index in [1.807, 2.05) is 55.5 Å². The largest absolute Gasteiger partial charge is 0.507 e. The highest BCUT2D eigenvalue weighted by Crippen LogP contribution is 2.49. The number of phenols is 1. The molecule has 0 spiro atoms. The van der Waals surface area contributed by atoms with Crippen molar-refractivity contribution in [2.24, 2.45) is 16.2 Å². The Balaban J connectivity index is 2.20. The molecule has 0 saturated heterocycles. The molecule has 0 heterocycles. The summed E-state index contributed by atoms with van der Waals surface area (Å²) in [5.74, 6) is 0.494. The number of hydrogen-bond donors (Lipinski definition) is 1. The van der Waals surface area contributed by atoms with E-state index in [0.717, 1.165) is 10.8 Å². The molecule has 0 bridgehead atoms. The molecule has 1 atom stereocenters. The number of rotatable bonds is 3. The number of carbonyl (C=O) groups is 1. The van der Waals surface area contributed by atoms with Crippen LogP contribution in [0.5, 0.6) is 11.5 Å². The molecule has 3 aromatic rings. The molecule has 0 radical (unpaired) electrons. The second-order valence-electron chi connectivity index (χ2n) is 10.5. The molecule has 3 heteroatoms. The fraction of sp³-hybridized carbons (Fsp3) is 0.423. The van der Waals surface area contributed by atoms with Crippen LogP contribution in [-0.4, -0.2) is 11.1 Å². The van der Waals surface area contributed by atoms with Gasteiger partial charge in [-0.05, 0) is 24.2 Å². The van der Waals surface area contributed by atoms with Gasteiger partial charge in [-0.15, -0.1) is 0 Å². The van der Waals surface area contributed by atoms with Crippen molar-refractivity contribution in [1.29, 1.82) is 0 Å². The fourth-order valence-corrected chi connectivity index (χ4v) is 4.08. The maximum atomic E-state index is 13.6. The lowest BCUT2D eigenvalue weighted by Gasteiger charge is -2.43. The summed E-state index contributed by atoms with van der Waals surface area (Å²) in [7, 11) is 0. The Kier molecular flexibility index (Phi) is 5.15. The number of aromatic hydroxyl groups is 1. The topological polar surface area (TPSA) is 46.5 Å². The highest BCUT2D eigenvalue weighted by Gasteiger charge is 2.48. The summed E-state index contributed by atoms with van der Waals surface area (Å²) >= 11 is 0. The van der Waals surface area contributed by atoms with Crippen molar-refractivity contribution in [3.8, 4) is 11.5 Å². The van der Waals surface area contributed by atoms with Crippen molar-refractivity contribution in [3.63, 3.8) is 0 Å². The lowest BCUT2D eigenvalue weighted by atomic mass is 9.61. The van der Waals surface area contributed by atoms with Crippen LogP contribution in [0.1, 0.15) is 54.9 Å². The molecule has 1 N–H and O–H groups in total. The second kappa shape index (κ2) is 7.05. The van der Waals surface area contributed by atoms with Crippen LogP contribution in [0.3, 0.4) is 0 Å². The van der Waals surface area contributed by atoms with Crippen molar-refractivity contribution in [3.05, 3.63) is 48.5 Å². The van der Waals surface area contributed by atoms with E-state index in [-0.39, 0.29) is 22.5 Å². The summed E-state index contributed by atoms with van der Waals surface area (Å²) in [4.78, 5) is 13.6. The van der Waals surface area contributed by atoms with Gasteiger partial charge in [0, 0.05) is 21.5 Å². The lowest BCUT2D eigenvalue weighted by molar-refractivity contribution is -0.154. The van der Waals surface area contributed by atoms with Gasteiger partial charge >= 0.3 is 5.97 Å². The van der Waals surface area contributed by atoms with Gasteiger partial charge in [-0.25, -0.2) is 0 Å². The van der Waals surface area contributed by atoms with E-state index < -0.39 is 5.41 Å². The predicted octanol–water partition coefficient (Wildman–Crippen LogP) is 7.09. The van der Waals surface area contributed by atoms with Crippen LogP contribution in [0, 0.1) is 16.2 Å². The first-order valence-electron chi connectivity index (χ1n) is 10.2. The zero-order valence-corrected chi connectivity index (χ0v) is 18.6. The molecule has 0 saturated carbocycles. The number of carbonyl (C=O) groups excluding carboxylic acids is 1. The summed E-state index contributed by atoms with van der Waals surface area (Å²) in [6.45, 7) is 14.7. The molecule has 0 fully saturated rings. The summed E-state index contributed by atoms with van der Waals surface area (Å²) in [5, 5.41) is 13.6. The van der Waals surface area contributed by atoms with Crippen LogP contribution < -0.4 is 4.74 Å². The molecule has 1 unspecified atom stereocenters. The number of benzene rings is 3. The standard InChI is InChI=1S/C26H32O3/c1-24(2,3)16-26(7,25(4,5)6)23(28)29-22-19-14-10-8-12-17(19)21(27)18-13-9-11-15-20(18)22/h8-15,27H,16H2,1-7H3. The van der Waals surface area contributed by atoms with E-state index in [1.165, 1.54) is 0 Å². The first-order valence-corrected chi connectivity index (χ1v) is 10.2. The minimum Gasteiger partial charge on any atom is -0.507 e. The van der Waals surface area contributed by atoms with Crippen LogP contribution in [0.2, 0.25) is 0 Å². The summed E-state index contributed by atoms with van der Waals surface area (Å²) < 4.78 is 6.18. The summed E-state index contributed by atoms with van der Waals surface area (Å²) in [6.07, 6.45) is 0.705. The van der Waals surface area contributed by atoms with Crippen LogP contribution in [0.15, 0.2) is 48.5 Å². The van der Waals surface area contributed by atoms with Crippen molar-refractivity contribution < 1.29 is 14.6 Å². The number of hydrogen-bond acceptors (Lipinski definition) is 3. The van der Waals surface area contributed by atoms with Gasteiger partial charge in [0.25, 0.3) is 0 Å². The van der Waals surface area contributed by atoms with Crippen LogP contribution in [-0.2, 0) is 4.79 Å². The zero-order valence-electron chi connectivity index (χ0n) is 18.6. The molecule has 3 aromatic carbocycles. The van der Waals surface area contributed by atoms with Gasteiger partial charge in [-0.3, -0.25) is 4.79 Å². The van der Waals surface area contributed by atoms with Gasteiger partial charge in [0.2, 0.25) is 0 Å². The predicted molar refractivity (Wildman–Crippen MR) is 120 cm³/mol. The normalized spacial score (nSPS) is 14.7. The van der Waals surface area contributed by atoms with Crippen LogP contribution in [0.25, 0.3) is 21.5 Å². The van der Waals surface area contributed by atoms with Crippen molar-refractivity contribution in [2.45, 2.75) is 54.9 Å². The lowest BCUT2D eigenvalue weighted by Crippen LogP contribution is -2.45. The van der Waals surface area contributed by atoms with Crippen LogP contribution >= 0.6 is 0 Å². The minimum atomic E-state index is -0.675. The number of ether oxygens (including phenoxy) is 1. The van der Waals surface area contributed by atoms with Crippen LogP contribution in [0.4, 0.5) is 0 Å². The first-order chi connectivity index (χ1) is 13.3. The van der Waals surface area contributed by atoms with E-state index >= 15 is 0 Å². The quantitative estimate of drug-likeness (QED) is 0.294. The molecule has 0 aliphatic carbocycles. The number of esters is 1. The molecule has 0 amide bonds. The third-order valence-corrected chi connectivity index (χ3v) is 6.04. The van der Waals surface area contributed by atoms with E-state index in [0.29, 0.717) is 22.9 Å². The number of fused-ring (bicyclic) bond motifs is 2. The monoisotopic (exact) mass is 392 g/mol. The smallest absolute Gasteiger partial charge is 0.317 e. The van der Waals surface area contributed by atoms with Crippen molar-refractivity contribution in [1.82, 2.24) is 0 Å².